The van der Waals surface area contributed by atoms with Crippen LogP contribution in [0.5, 0.6) is 5.75 Å². The van der Waals surface area contributed by atoms with Crippen molar-refractivity contribution in [1.82, 2.24) is 0 Å². The predicted molar refractivity (Wildman–Crippen MR) is 95.6 cm³/mol. The summed E-state index contributed by atoms with van der Waals surface area (Å²) in [6.07, 6.45) is 0.145. The standard InChI is InChI=1S/C17H20Cl2N2O/c1-12(2)22-16-9-4-3-7-14(16)20-10-11-21-15-8-5-6-13(18)17(15)19/h3-9,12,20-21H,10-11H2,1-2H3. The Labute approximate surface area is 141 Å². The van der Waals surface area contributed by atoms with E-state index in [4.69, 9.17) is 27.9 Å². The van der Waals surface area contributed by atoms with Crippen LogP contribution in [0.2, 0.25) is 10.0 Å². The molecule has 0 radical (unpaired) electrons. The fourth-order valence-corrected chi connectivity index (χ4v) is 2.37. The van der Waals surface area contributed by atoms with Gasteiger partial charge in [0.25, 0.3) is 0 Å². The molecule has 0 unspecified atom stereocenters. The highest BCUT2D eigenvalue weighted by Gasteiger charge is 2.05. The van der Waals surface area contributed by atoms with Crippen molar-refractivity contribution in [3.05, 3.63) is 52.5 Å². The lowest BCUT2D eigenvalue weighted by Crippen LogP contribution is -2.15. The quantitative estimate of drug-likeness (QED) is 0.671. The third-order valence-electron chi connectivity index (χ3n) is 2.96. The molecule has 3 nitrogen and oxygen atoms in total. The van der Waals surface area contributed by atoms with E-state index in [1.165, 1.54) is 0 Å². The van der Waals surface area contributed by atoms with Crippen molar-refractivity contribution in [2.24, 2.45) is 0 Å². The molecule has 0 amide bonds. The van der Waals surface area contributed by atoms with Crippen LogP contribution in [0, 0.1) is 0 Å². The maximum Gasteiger partial charge on any atom is 0.142 e. The van der Waals surface area contributed by atoms with Gasteiger partial charge in [-0.25, -0.2) is 0 Å². The fourth-order valence-electron chi connectivity index (χ4n) is 2.00. The summed E-state index contributed by atoms with van der Waals surface area (Å²) in [7, 11) is 0. The van der Waals surface area contributed by atoms with Gasteiger partial charge in [0.05, 0.1) is 27.5 Å². The molecule has 2 N–H and O–H groups in total. The molecule has 0 saturated heterocycles. The molecule has 2 rings (SSSR count). The second-order valence-corrected chi connectivity index (χ2v) is 5.90. The predicted octanol–water partition coefficient (Wildman–Crippen LogP) is 5.30. The topological polar surface area (TPSA) is 33.3 Å². The summed E-state index contributed by atoms with van der Waals surface area (Å²) in [5, 5.41) is 7.72. The van der Waals surface area contributed by atoms with Gasteiger partial charge in [0.2, 0.25) is 0 Å². The Kier molecular flexibility index (Phi) is 6.22. The number of anilines is 2. The summed E-state index contributed by atoms with van der Waals surface area (Å²) < 4.78 is 5.77. The van der Waals surface area contributed by atoms with Crippen molar-refractivity contribution < 1.29 is 4.74 Å². The Balaban J connectivity index is 1.88. The third-order valence-corrected chi connectivity index (χ3v) is 3.78. The monoisotopic (exact) mass is 338 g/mol. The van der Waals surface area contributed by atoms with E-state index < -0.39 is 0 Å². The van der Waals surface area contributed by atoms with Gasteiger partial charge in [-0.3, -0.25) is 0 Å². The highest BCUT2D eigenvalue weighted by atomic mass is 35.5. The van der Waals surface area contributed by atoms with Gasteiger partial charge in [0, 0.05) is 13.1 Å². The largest absolute Gasteiger partial charge is 0.489 e. The van der Waals surface area contributed by atoms with Gasteiger partial charge in [-0.1, -0.05) is 41.4 Å². The minimum Gasteiger partial charge on any atom is -0.489 e. The molecule has 0 aliphatic heterocycles. The van der Waals surface area contributed by atoms with Crippen LogP contribution >= 0.6 is 23.2 Å². The lowest BCUT2D eigenvalue weighted by atomic mass is 10.3. The van der Waals surface area contributed by atoms with E-state index in [0.717, 1.165) is 30.2 Å². The van der Waals surface area contributed by atoms with E-state index in [1.807, 2.05) is 50.2 Å². The lowest BCUT2D eigenvalue weighted by Gasteiger charge is -2.16. The summed E-state index contributed by atoms with van der Waals surface area (Å²) in [6.45, 7) is 5.48. The van der Waals surface area contributed by atoms with E-state index in [2.05, 4.69) is 10.6 Å². The van der Waals surface area contributed by atoms with Crippen molar-refractivity contribution in [3.8, 4) is 5.75 Å². The van der Waals surface area contributed by atoms with Gasteiger partial charge < -0.3 is 15.4 Å². The summed E-state index contributed by atoms with van der Waals surface area (Å²) in [6, 6.07) is 13.5. The molecule has 22 heavy (non-hydrogen) atoms. The van der Waals surface area contributed by atoms with E-state index in [-0.39, 0.29) is 6.10 Å². The Bertz CT molecular complexity index is 617. The minimum atomic E-state index is 0.145. The number of halogens is 2. The molecule has 0 aromatic heterocycles. The second-order valence-electron chi connectivity index (χ2n) is 5.12. The maximum absolute atomic E-state index is 6.14. The third kappa shape index (κ3) is 4.72. The lowest BCUT2D eigenvalue weighted by molar-refractivity contribution is 0.243. The Hall–Kier alpha value is -1.58. The van der Waals surface area contributed by atoms with E-state index in [1.54, 1.807) is 6.07 Å². The van der Waals surface area contributed by atoms with Gasteiger partial charge in [0.1, 0.15) is 5.75 Å². The highest BCUT2D eigenvalue weighted by Crippen LogP contribution is 2.29. The van der Waals surface area contributed by atoms with Crippen LogP contribution in [-0.4, -0.2) is 19.2 Å². The molecule has 0 heterocycles. The van der Waals surface area contributed by atoms with Crippen molar-refractivity contribution in [3.63, 3.8) is 0 Å². The number of rotatable bonds is 7. The average molecular weight is 339 g/mol. The Morgan fingerprint density at radius 1 is 0.909 bits per heavy atom. The second kappa shape index (κ2) is 8.16. The first-order chi connectivity index (χ1) is 10.6. The van der Waals surface area contributed by atoms with Gasteiger partial charge in [-0.05, 0) is 38.1 Å². The van der Waals surface area contributed by atoms with Crippen molar-refractivity contribution in [2.75, 3.05) is 23.7 Å². The zero-order valence-electron chi connectivity index (χ0n) is 12.7. The molecule has 5 heteroatoms. The maximum atomic E-state index is 6.14. The van der Waals surface area contributed by atoms with E-state index >= 15 is 0 Å². The van der Waals surface area contributed by atoms with Crippen LogP contribution in [0.3, 0.4) is 0 Å². The van der Waals surface area contributed by atoms with Crippen LogP contribution in [0.4, 0.5) is 11.4 Å². The first-order valence-electron chi connectivity index (χ1n) is 7.25. The molecule has 2 aromatic rings. The number of nitrogens with one attached hydrogen (secondary N) is 2. The number of para-hydroxylation sites is 2. The molecule has 0 aliphatic carbocycles. The molecular weight excluding hydrogens is 319 g/mol. The number of hydrogen-bond acceptors (Lipinski definition) is 3. The van der Waals surface area contributed by atoms with Gasteiger partial charge in [-0.2, -0.15) is 0 Å². The first kappa shape index (κ1) is 16.8. The van der Waals surface area contributed by atoms with Crippen LogP contribution in [-0.2, 0) is 0 Å². The fraction of sp³-hybridized carbons (Fsp3) is 0.294. The van der Waals surface area contributed by atoms with Crippen molar-refractivity contribution >= 4 is 34.6 Å². The number of ether oxygens (including phenoxy) is 1. The minimum absolute atomic E-state index is 0.145. The van der Waals surface area contributed by atoms with Crippen molar-refractivity contribution in [1.29, 1.82) is 0 Å². The normalized spacial score (nSPS) is 10.6. The molecule has 0 atom stereocenters. The molecule has 0 bridgehead atoms. The smallest absolute Gasteiger partial charge is 0.142 e. The zero-order chi connectivity index (χ0) is 15.9. The summed E-state index contributed by atoms with van der Waals surface area (Å²) in [5.41, 5.74) is 1.82. The molecule has 0 spiro atoms. The Morgan fingerprint density at radius 3 is 2.27 bits per heavy atom. The Morgan fingerprint density at radius 2 is 1.55 bits per heavy atom. The van der Waals surface area contributed by atoms with E-state index in [0.29, 0.717) is 10.0 Å². The summed E-state index contributed by atoms with van der Waals surface area (Å²) in [4.78, 5) is 0. The first-order valence-corrected chi connectivity index (χ1v) is 8.01. The molecule has 118 valence electrons. The van der Waals surface area contributed by atoms with Crippen LogP contribution in [0.1, 0.15) is 13.8 Å². The van der Waals surface area contributed by atoms with E-state index in [9.17, 15) is 0 Å². The molecule has 0 saturated carbocycles. The van der Waals surface area contributed by atoms with Crippen LogP contribution in [0.15, 0.2) is 42.5 Å². The van der Waals surface area contributed by atoms with Gasteiger partial charge in [0.15, 0.2) is 0 Å². The van der Waals surface area contributed by atoms with Gasteiger partial charge in [-0.15, -0.1) is 0 Å². The number of benzene rings is 2. The average Bonchev–Trinajstić information content (AvgIpc) is 2.48. The summed E-state index contributed by atoms with van der Waals surface area (Å²) in [5.74, 6) is 0.860. The highest BCUT2D eigenvalue weighted by molar-refractivity contribution is 6.43. The van der Waals surface area contributed by atoms with Crippen LogP contribution < -0.4 is 15.4 Å². The molecule has 0 fully saturated rings. The molecule has 2 aromatic carbocycles. The summed E-state index contributed by atoms with van der Waals surface area (Å²) >= 11 is 12.1. The molecule has 0 aliphatic rings. The zero-order valence-corrected chi connectivity index (χ0v) is 14.2. The van der Waals surface area contributed by atoms with Gasteiger partial charge >= 0.3 is 0 Å². The van der Waals surface area contributed by atoms with Crippen molar-refractivity contribution in [2.45, 2.75) is 20.0 Å². The SMILES string of the molecule is CC(C)Oc1ccccc1NCCNc1cccc(Cl)c1Cl. The molecular formula is C17H20Cl2N2O. The van der Waals surface area contributed by atoms with Crippen LogP contribution in [0.25, 0.3) is 0 Å². The number of hydrogen-bond donors (Lipinski definition) is 2.